The standard InChI is InChI=1S/C6H12/c1-5-6(2,3)4/h1-2,5H2,3-4H3. The van der Waals surface area contributed by atoms with Crippen molar-refractivity contribution in [1.29, 1.82) is 0 Å². The van der Waals surface area contributed by atoms with Crippen molar-refractivity contribution < 1.29 is 0 Å². The first-order valence-electron chi connectivity index (χ1n) is 2.21. The maximum Gasteiger partial charge on any atom is -0.0354 e. The Balaban J connectivity index is 3.17. The topological polar surface area (TPSA) is 0 Å². The third kappa shape index (κ3) is 4.00. The lowest BCUT2D eigenvalue weighted by Crippen LogP contribution is -2.01. The van der Waals surface area contributed by atoms with Gasteiger partial charge in [-0.25, -0.2) is 0 Å². The van der Waals surface area contributed by atoms with Crippen LogP contribution in [0.3, 0.4) is 0 Å². The lowest BCUT2D eigenvalue weighted by atomic mass is 9.94. The normalized spacial score (nSPS) is 12.0. The van der Waals surface area contributed by atoms with Crippen molar-refractivity contribution in [2.24, 2.45) is 5.41 Å². The minimum Gasteiger partial charge on any atom is -0.0599 e. The van der Waals surface area contributed by atoms with Gasteiger partial charge in [-0.05, 0) is 18.8 Å². The van der Waals surface area contributed by atoms with Crippen LogP contribution in [0.5, 0.6) is 0 Å². The average molecular weight is 84.2 g/mol. The van der Waals surface area contributed by atoms with E-state index < -0.39 is 0 Å². The zero-order valence-electron chi connectivity index (χ0n) is 4.62. The Hall–Kier alpha value is 0. The predicted octanol–water partition coefficient (Wildman–Crippen LogP) is 2.07. The van der Waals surface area contributed by atoms with Crippen molar-refractivity contribution in [3.8, 4) is 0 Å². The zero-order chi connectivity index (χ0) is 5.21. The molecule has 0 nitrogen and oxygen atoms in total. The molecule has 0 heteroatoms. The molecule has 0 rings (SSSR count). The van der Waals surface area contributed by atoms with Gasteiger partial charge in [0, 0.05) is 0 Å². The molecule has 6 heavy (non-hydrogen) atoms. The van der Waals surface area contributed by atoms with Crippen molar-refractivity contribution in [2.45, 2.75) is 20.3 Å². The minimum absolute atomic E-state index is 0.181. The molecule has 0 aromatic heterocycles. The molecular formula is C6H12. The molecule has 2 radical (unpaired) electrons. The molecule has 0 amide bonds. The van der Waals surface area contributed by atoms with E-state index in [-0.39, 0.29) is 5.41 Å². The van der Waals surface area contributed by atoms with Crippen LogP contribution in [0, 0.1) is 19.3 Å². The molecule has 0 saturated carbocycles. The smallest absolute Gasteiger partial charge is 0.0354 e. The molecule has 0 fully saturated rings. The Morgan fingerprint density at radius 2 is 1.67 bits per heavy atom. The van der Waals surface area contributed by atoms with E-state index in [1.165, 1.54) is 0 Å². The fraction of sp³-hybridized carbons (Fsp3) is 0.667. The molecule has 0 saturated heterocycles. The van der Waals surface area contributed by atoms with Crippen molar-refractivity contribution in [1.82, 2.24) is 0 Å². The fourth-order valence-electron chi connectivity index (χ4n) is 0. The molecule has 0 bridgehead atoms. The van der Waals surface area contributed by atoms with Gasteiger partial charge in [-0.3, -0.25) is 0 Å². The van der Waals surface area contributed by atoms with Gasteiger partial charge in [0.25, 0.3) is 0 Å². The highest BCUT2D eigenvalue weighted by atomic mass is 14.1. The monoisotopic (exact) mass is 84.1 g/mol. The summed E-state index contributed by atoms with van der Waals surface area (Å²) in [6, 6.07) is 0. The van der Waals surface area contributed by atoms with Gasteiger partial charge < -0.3 is 0 Å². The van der Waals surface area contributed by atoms with E-state index in [4.69, 9.17) is 0 Å². The van der Waals surface area contributed by atoms with Crippen molar-refractivity contribution in [3.63, 3.8) is 0 Å². The van der Waals surface area contributed by atoms with Gasteiger partial charge in [-0.1, -0.05) is 20.8 Å². The van der Waals surface area contributed by atoms with Crippen LogP contribution in [0.1, 0.15) is 20.3 Å². The van der Waals surface area contributed by atoms with E-state index >= 15 is 0 Å². The summed E-state index contributed by atoms with van der Waals surface area (Å²) in [5.74, 6) is 0. The van der Waals surface area contributed by atoms with Crippen LogP contribution in [-0.2, 0) is 0 Å². The molecule has 0 unspecified atom stereocenters. The predicted molar refractivity (Wildman–Crippen MR) is 29.1 cm³/mol. The summed E-state index contributed by atoms with van der Waals surface area (Å²) < 4.78 is 0. The van der Waals surface area contributed by atoms with Gasteiger partial charge in [0.2, 0.25) is 0 Å². The van der Waals surface area contributed by atoms with Gasteiger partial charge >= 0.3 is 0 Å². The van der Waals surface area contributed by atoms with Gasteiger partial charge in [0.1, 0.15) is 0 Å². The van der Waals surface area contributed by atoms with Crippen molar-refractivity contribution >= 4 is 0 Å². The van der Waals surface area contributed by atoms with E-state index in [2.05, 4.69) is 27.7 Å². The van der Waals surface area contributed by atoms with E-state index in [9.17, 15) is 0 Å². The maximum absolute atomic E-state index is 3.83. The maximum atomic E-state index is 3.83. The molecule has 0 heterocycles. The second-order valence-electron chi connectivity index (χ2n) is 2.41. The molecule has 0 N–H and O–H groups in total. The Labute approximate surface area is 40.6 Å². The first-order chi connectivity index (χ1) is 2.56. The summed E-state index contributed by atoms with van der Waals surface area (Å²) in [5, 5.41) is 0. The summed E-state index contributed by atoms with van der Waals surface area (Å²) in [5.41, 5.74) is 0.181. The number of hydrogen-bond acceptors (Lipinski definition) is 0. The second kappa shape index (κ2) is 1.63. The molecule has 0 aromatic rings. The van der Waals surface area contributed by atoms with Crippen LogP contribution in [0.15, 0.2) is 0 Å². The molecule has 0 aliphatic carbocycles. The summed E-state index contributed by atoms with van der Waals surface area (Å²) in [6.45, 7) is 11.7. The Bertz CT molecular complexity index is 29.8. The fourth-order valence-corrected chi connectivity index (χ4v) is 0. The van der Waals surface area contributed by atoms with Crippen LogP contribution < -0.4 is 0 Å². The van der Waals surface area contributed by atoms with Gasteiger partial charge in [-0.15, -0.1) is 0 Å². The Kier molecular flexibility index (Phi) is 1.63. The molecule has 0 atom stereocenters. The first-order valence-corrected chi connectivity index (χ1v) is 2.21. The summed E-state index contributed by atoms with van der Waals surface area (Å²) in [4.78, 5) is 0. The lowest BCUT2D eigenvalue weighted by Gasteiger charge is -2.12. The third-order valence-corrected chi connectivity index (χ3v) is 0.677. The number of rotatable bonds is 1. The van der Waals surface area contributed by atoms with Crippen LogP contribution in [0.25, 0.3) is 0 Å². The van der Waals surface area contributed by atoms with E-state index in [0.717, 1.165) is 6.42 Å². The molecule has 36 valence electrons. The van der Waals surface area contributed by atoms with Gasteiger partial charge in [-0.2, -0.15) is 0 Å². The van der Waals surface area contributed by atoms with Crippen molar-refractivity contribution in [3.05, 3.63) is 13.8 Å². The van der Waals surface area contributed by atoms with Gasteiger partial charge in [0.05, 0.1) is 0 Å². The van der Waals surface area contributed by atoms with Crippen LogP contribution in [0.4, 0.5) is 0 Å². The van der Waals surface area contributed by atoms with E-state index in [1.54, 1.807) is 0 Å². The minimum atomic E-state index is 0.181. The Morgan fingerprint density at radius 3 is 1.67 bits per heavy atom. The quantitative estimate of drug-likeness (QED) is 0.456. The van der Waals surface area contributed by atoms with E-state index in [1.807, 2.05) is 0 Å². The first kappa shape index (κ1) is 6.00. The highest BCUT2D eigenvalue weighted by molar-refractivity contribution is 4.70. The highest BCUT2D eigenvalue weighted by Gasteiger charge is 2.03. The summed E-state index contributed by atoms with van der Waals surface area (Å²) in [7, 11) is 0. The second-order valence-corrected chi connectivity index (χ2v) is 2.41. The SMILES string of the molecule is [CH2]CC([CH2])(C)C. The molecule has 0 aliphatic rings. The molecular weight excluding hydrogens is 72.1 g/mol. The zero-order valence-corrected chi connectivity index (χ0v) is 4.62. The summed E-state index contributed by atoms with van der Waals surface area (Å²) in [6.07, 6.45) is 0.910. The summed E-state index contributed by atoms with van der Waals surface area (Å²) >= 11 is 0. The lowest BCUT2D eigenvalue weighted by molar-refractivity contribution is 0.482. The Morgan fingerprint density at radius 1 is 1.50 bits per heavy atom. The number of hydrogen-bond donors (Lipinski definition) is 0. The van der Waals surface area contributed by atoms with Crippen LogP contribution in [0.2, 0.25) is 0 Å². The van der Waals surface area contributed by atoms with Crippen LogP contribution >= 0.6 is 0 Å². The van der Waals surface area contributed by atoms with Crippen molar-refractivity contribution in [2.75, 3.05) is 0 Å². The van der Waals surface area contributed by atoms with E-state index in [0.29, 0.717) is 0 Å². The molecule has 0 aliphatic heterocycles. The molecule has 0 spiro atoms. The highest BCUT2D eigenvalue weighted by Crippen LogP contribution is 2.15. The largest absolute Gasteiger partial charge is 0.0599 e. The van der Waals surface area contributed by atoms with Gasteiger partial charge in [0.15, 0.2) is 0 Å². The third-order valence-electron chi connectivity index (χ3n) is 0.677. The van der Waals surface area contributed by atoms with Crippen LogP contribution in [-0.4, -0.2) is 0 Å². The average Bonchev–Trinajstić information content (AvgIpc) is 1.35. The molecule has 0 aromatic carbocycles.